The highest BCUT2D eigenvalue weighted by molar-refractivity contribution is 9.09. The molecule has 0 radical (unpaired) electrons. The Kier molecular flexibility index (Phi) is 6.53. The van der Waals surface area contributed by atoms with Crippen LogP contribution in [0, 0.1) is 0 Å². The summed E-state index contributed by atoms with van der Waals surface area (Å²) in [6.07, 6.45) is -5.46. The molecule has 0 amide bonds. The fourth-order valence-electron chi connectivity index (χ4n) is 1.83. The maximum atomic E-state index is 14.5. The van der Waals surface area contributed by atoms with E-state index in [0.717, 1.165) is 13.8 Å². The number of hydrogen-bond acceptors (Lipinski definition) is 7. The first kappa shape index (κ1) is 17.8. The molecule has 1 aliphatic rings. The van der Waals surface area contributed by atoms with Gasteiger partial charge in [0.05, 0.1) is 0 Å². The quantitative estimate of drug-likeness (QED) is 0.412. The number of carbonyl (C=O) groups is 3. The van der Waals surface area contributed by atoms with Gasteiger partial charge in [-0.25, -0.2) is 4.39 Å². The van der Waals surface area contributed by atoms with E-state index in [0.29, 0.717) is 0 Å². The lowest BCUT2D eigenvalue weighted by molar-refractivity contribution is -0.215. The topological polar surface area (TPSA) is 88.1 Å². The molecule has 5 atom stereocenters. The lowest BCUT2D eigenvalue weighted by atomic mass is 10.0. The fourth-order valence-corrected chi connectivity index (χ4v) is 2.51. The van der Waals surface area contributed by atoms with Crippen molar-refractivity contribution in [3.05, 3.63) is 0 Å². The standard InChI is InChI=1S/C12H16BrFO7/c1-5(15)18-4-8-10(19-6(2)16)9(14)11(12(13)21-8)20-7(3)17/h8-12H,4H2,1-3H3/t8-,9+,10+,11-,12?/m1/s1. The first-order valence-electron chi connectivity index (χ1n) is 6.13. The summed E-state index contributed by atoms with van der Waals surface area (Å²) in [4.78, 5) is 32.9. The summed E-state index contributed by atoms with van der Waals surface area (Å²) in [5.74, 6) is -2.01. The Bertz CT molecular complexity index is 414. The van der Waals surface area contributed by atoms with Gasteiger partial charge in [0, 0.05) is 20.8 Å². The van der Waals surface area contributed by atoms with Gasteiger partial charge in [0.2, 0.25) is 0 Å². The Labute approximate surface area is 129 Å². The van der Waals surface area contributed by atoms with E-state index in [9.17, 15) is 18.8 Å². The van der Waals surface area contributed by atoms with E-state index in [2.05, 4.69) is 15.9 Å². The molecule has 1 saturated heterocycles. The molecule has 120 valence electrons. The lowest BCUT2D eigenvalue weighted by Crippen LogP contribution is -2.58. The Morgan fingerprint density at radius 3 is 2.05 bits per heavy atom. The largest absolute Gasteiger partial charge is 0.463 e. The minimum absolute atomic E-state index is 0.289. The molecule has 0 bridgehead atoms. The molecule has 0 aromatic heterocycles. The molecule has 1 heterocycles. The molecule has 21 heavy (non-hydrogen) atoms. The second-order valence-electron chi connectivity index (χ2n) is 4.42. The number of halogens is 2. The van der Waals surface area contributed by atoms with Crippen LogP contribution < -0.4 is 0 Å². The summed E-state index contributed by atoms with van der Waals surface area (Å²) in [5.41, 5.74) is 0. The first-order valence-corrected chi connectivity index (χ1v) is 7.05. The van der Waals surface area contributed by atoms with Crippen molar-refractivity contribution in [2.24, 2.45) is 0 Å². The van der Waals surface area contributed by atoms with Gasteiger partial charge >= 0.3 is 17.9 Å². The minimum atomic E-state index is -1.82. The number of hydrogen-bond donors (Lipinski definition) is 0. The van der Waals surface area contributed by atoms with E-state index >= 15 is 0 Å². The second-order valence-corrected chi connectivity index (χ2v) is 5.32. The normalized spacial score (nSPS) is 32.1. The fraction of sp³-hybridized carbons (Fsp3) is 0.750. The van der Waals surface area contributed by atoms with Crippen LogP contribution >= 0.6 is 15.9 Å². The predicted octanol–water partition coefficient (Wildman–Crippen LogP) is 0.871. The maximum Gasteiger partial charge on any atom is 0.303 e. The molecule has 0 aliphatic carbocycles. The van der Waals surface area contributed by atoms with Crippen LogP contribution in [0.4, 0.5) is 4.39 Å². The second kappa shape index (κ2) is 7.69. The lowest BCUT2D eigenvalue weighted by Gasteiger charge is -2.40. The zero-order valence-electron chi connectivity index (χ0n) is 11.7. The van der Waals surface area contributed by atoms with Crippen LogP contribution in [0.25, 0.3) is 0 Å². The predicted molar refractivity (Wildman–Crippen MR) is 70.2 cm³/mol. The summed E-state index contributed by atoms with van der Waals surface area (Å²) in [5, 5.41) is -0.955. The van der Waals surface area contributed by atoms with E-state index in [1.54, 1.807) is 0 Å². The van der Waals surface area contributed by atoms with Gasteiger partial charge in [-0.3, -0.25) is 14.4 Å². The Morgan fingerprint density at radius 1 is 1.05 bits per heavy atom. The third-order valence-corrected chi connectivity index (χ3v) is 3.35. The molecule has 0 N–H and O–H groups in total. The van der Waals surface area contributed by atoms with Crippen molar-refractivity contribution in [2.75, 3.05) is 6.61 Å². The van der Waals surface area contributed by atoms with Gasteiger partial charge in [-0.15, -0.1) is 0 Å². The van der Waals surface area contributed by atoms with Crippen LogP contribution in [0.2, 0.25) is 0 Å². The Hall–Kier alpha value is -1.22. The molecular weight excluding hydrogens is 355 g/mol. The maximum absolute atomic E-state index is 14.5. The van der Waals surface area contributed by atoms with Crippen molar-refractivity contribution in [3.8, 4) is 0 Å². The Morgan fingerprint density at radius 2 is 1.57 bits per heavy atom. The smallest absolute Gasteiger partial charge is 0.303 e. The SMILES string of the molecule is CC(=O)OC[C@H]1OC(Br)[C@H](OC(C)=O)[C@@H](F)[C@H]1OC(C)=O. The van der Waals surface area contributed by atoms with Crippen LogP contribution in [-0.4, -0.2) is 54.0 Å². The zero-order valence-corrected chi connectivity index (χ0v) is 13.3. The number of carbonyl (C=O) groups excluding carboxylic acids is 3. The van der Waals surface area contributed by atoms with E-state index in [4.69, 9.17) is 18.9 Å². The molecule has 7 nitrogen and oxygen atoms in total. The monoisotopic (exact) mass is 370 g/mol. The highest BCUT2D eigenvalue weighted by atomic mass is 79.9. The van der Waals surface area contributed by atoms with Gasteiger partial charge in [-0.2, -0.15) is 0 Å². The van der Waals surface area contributed by atoms with E-state index in [1.165, 1.54) is 6.92 Å². The van der Waals surface area contributed by atoms with Crippen LogP contribution in [-0.2, 0) is 33.3 Å². The molecule has 1 unspecified atom stereocenters. The zero-order chi connectivity index (χ0) is 16.2. The van der Waals surface area contributed by atoms with Crippen LogP contribution in [0.1, 0.15) is 20.8 Å². The first-order chi connectivity index (χ1) is 9.72. The summed E-state index contributed by atoms with van der Waals surface area (Å²) in [6.45, 7) is 3.13. The van der Waals surface area contributed by atoms with Crippen molar-refractivity contribution in [2.45, 2.75) is 50.3 Å². The number of alkyl halides is 2. The van der Waals surface area contributed by atoms with Gasteiger partial charge in [0.15, 0.2) is 23.4 Å². The van der Waals surface area contributed by atoms with Gasteiger partial charge < -0.3 is 18.9 Å². The average Bonchev–Trinajstić information content (AvgIpc) is 2.35. The molecule has 9 heteroatoms. The Balaban J connectivity index is 2.86. The summed E-state index contributed by atoms with van der Waals surface area (Å²) in [6, 6.07) is 0. The third kappa shape index (κ3) is 5.24. The van der Waals surface area contributed by atoms with Crippen LogP contribution in [0.5, 0.6) is 0 Å². The van der Waals surface area contributed by atoms with Crippen molar-refractivity contribution in [1.29, 1.82) is 0 Å². The van der Waals surface area contributed by atoms with Crippen molar-refractivity contribution in [1.82, 2.24) is 0 Å². The van der Waals surface area contributed by atoms with Gasteiger partial charge in [0.25, 0.3) is 0 Å². The van der Waals surface area contributed by atoms with Gasteiger partial charge in [-0.1, -0.05) is 15.9 Å². The summed E-state index contributed by atoms with van der Waals surface area (Å²) >= 11 is 3.04. The van der Waals surface area contributed by atoms with Crippen molar-refractivity contribution in [3.63, 3.8) is 0 Å². The molecular formula is C12H16BrFO7. The van der Waals surface area contributed by atoms with E-state index in [-0.39, 0.29) is 6.61 Å². The highest BCUT2D eigenvalue weighted by Crippen LogP contribution is 2.31. The third-order valence-electron chi connectivity index (χ3n) is 2.61. The molecule has 0 aromatic carbocycles. The molecule has 1 aliphatic heterocycles. The number of rotatable bonds is 4. The minimum Gasteiger partial charge on any atom is -0.463 e. The van der Waals surface area contributed by atoms with Gasteiger partial charge in [0.1, 0.15) is 12.7 Å². The van der Waals surface area contributed by atoms with Crippen LogP contribution in [0.15, 0.2) is 0 Å². The number of ether oxygens (including phenoxy) is 4. The summed E-state index contributed by atoms with van der Waals surface area (Å²) in [7, 11) is 0. The van der Waals surface area contributed by atoms with E-state index < -0.39 is 47.4 Å². The molecule has 1 rings (SSSR count). The summed E-state index contributed by atoms with van der Waals surface area (Å²) < 4.78 is 34.3. The van der Waals surface area contributed by atoms with Crippen molar-refractivity contribution < 1.29 is 37.7 Å². The molecule has 0 aromatic rings. The molecule has 0 saturated carbocycles. The van der Waals surface area contributed by atoms with Crippen LogP contribution in [0.3, 0.4) is 0 Å². The number of esters is 3. The average molecular weight is 371 g/mol. The van der Waals surface area contributed by atoms with Gasteiger partial charge in [-0.05, 0) is 0 Å². The highest BCUT2D eigenvalue weighted by Gasteiger charge is 2.49. The molecule has 1 fully saturated rings. The van der Waals surface area contributed by atoms with Crippen molar-refractivity contribution >= 4 is 33.8 Å². The molecule has 0 spiro atoms. The van der Waals surface area contributed by atoms with E-state index in [1.807, 2.05) is 0 Å².